The first-order valence-corrected chi connectivity index (χ1v) is 6.16. The van der Waals surface area contributed by atoms with Gasteiger partial charge in [0.25, 0.3) is 11.6 Å². The van der Waals surface area contributed by atoms with Gasteiger partial charge in [0.15, 0.2) is 0 Å². The van der Waals surface area contributed by atoms with Gasteiger partial charge in [0, 0.05) is 17.2 Å². The van der Waals surface area contributed by atoms with Crippen molar-refractivity contribution >= 4 is 17.6 Å². The van der Waals surface area contributed by atoms with Crippen LogP contribution in [0.3, 0.4) is 0 Å². The van der Waals surface area contributed by atoms with Gasteiger partial charge in [-0.25, -0.2) is 4.79 Å². The van der Waals surface area contributed by atoms with Crippen LogP contribution in [0, 0.1) is 17.0 Å². The fraction of sp³-hybridized carbons (Fsp3) is 0.385. The van der Waals surface area contributed by atoms with Gasteiger partial charge in [-0.3, -0.25) is 14.9 Å². The number of benzene rings is 1. The Kier molecular flexibility index (Phi) is 5.19. The van der Waals surface area contributed by atoms with Gasteiger partial charge in [-0.15, -0.1) is 0 Å². The number of nitro benzene ring substituents is 1. The van der Waals surface area contributed by atoms with E-state index in [0.29, 0.717) is 12.8 Å². The molecule has 1 aromatic rings. The van der Waals surface area contributed by atoms with Crippen molar-refractivity contribution in [3.8, 4) is 0 Å². The quantitative estimate of drug-likeness (QED) is 0.610. The van der Waals surface area contributed by atoms with Crippen LogP contribution in [0.4, 0.5) is 5.69 Å². The second-order valence-corrected chi connectivity index (χ2v) is 4.36. The summed E-state index contributed by atoms with van der Waals surface area (Å²) in [5.74, 6) is -1.74. The molecule has 0 aliphatic heterocycles. The van der Waals surface area contributed by atoms with Crippen LogP contribution in [0.15, 0.2) is 18.2 Å². The highest BCUT2D eigenvalue weighted by molar-refractivity contribution is 5.98. The summed E-state index contributed by atoms with van der Waals surface area (Å²) >= 11 is 0. The Hall–Kier alpha value is -2.44. The van der Waals surface area contributed by atoms with Crippen LogP contribution >= 0.6 is 0 Å². The fourth-order valence-electron chi connectivity index (χ4n) is 1.85. The molecule has 0 saturated heterocycles. The summed E-state index contributed by atoms with van der Waals surface area (Å²) in [5, 5.41) is 22.2. The molecule has 0 aliphatic rings. The second-order valence-electron chi connectivity index (χ2n) is 4.36. The average Bonchev–Trinajstić information content (AvgIpc) is 2.37. The number of aliphatic carboxylic acids is 1. The smallest absolute Gasteiger partial charge is 0.326 e. The minimum Gasteiger partial charge on any atom is -0.480 e. The molecule has 1 rings (SSSR count). The minimum atomic E-state index is -1.12. The average molecular weight is 280 g/mol. The first kappa shape index (κ1) is 15.6. The van der Waals surface area contributed by atoms with Crippen LogP contribution in [-0.4, -0.2) is 27.9 Å². The van der Waals surface area contributed by atoms with Gasteiger partial charge in [0.1, 0.15) is 6.04 Å². The molecule has 108 valence electrons. The number of carboxylic acid groups (broad SMARTS) is 1. The minimum absolute atomic E-state index is 0.113. The van der Waals surface area contributed by atoms with Gasteiger partial charge in [0.05, 0.1) is 4.92 Å². The highest BCUT2D eigenvalue weighted by atomic mass is 16.6. The lowest BCUT2D eigenvalue weighted by molar-refractivity contribution is -0.385. The van der Waals surface area contributed by atoms with Crippen molar-refractivity contribution in [2.24, 2.45) is 0 Å². The van der Waals surface area contributed by atoms with Crippen LogP contribution in [0.1, 0.15) is 35.7 Å². The number of hydrogen-bond acceptors (Lipinski definition) is 4. The number of carbonyl (C=O) groups excluding carboxylic acids is 1. The van der Waals surface area contributed by atoms with E-state index >= 15 is 0 Å². The Morgan fingerprint density at radius 3 is 2.60 bits per heavy atom. The molecule has 20 heavy (non-hydrogen) atoms. The molecule has 0 fully saturated rings. The molecule has 2 N–H and O–H groups in total. The van der Waals surface area contributed by atoms with Crippen molar-refractivity contribution in [3.63, 3.8) is 0 Å². The third-order valence-electron chi connectivity index (χ3n) is 2.93. The van der Waals surface area contributed by atoms with E-state index in [1.54, 1.807) is 6.92 Å². The van der Waals surface area contributed by atoms with E-state index in [9.17, 15) is 19.7 Å². The standard InChI is InChI=1S/C13H16N2O5/c1-3-5-10(13(17)18)14-12(16)9-6-4-7-11(8(9)2)15(19)20/h4,6-7,10H,3,5H2,1-2H3,(H,14,16)(H,17,18). The molecule has 0 aliphatic carbocycles. The first-order valence-electron chi connectivity index (χ1n) is 6.16. The number of rotatable bonds is 6. The number of amides is 1. The largest absolute Gasteiger partial charge is 0.480 e. The van der Waals surface area contributed by atoms with E-state index in [1.807, 2.05) is 0 Å². The Morgan fingerprint density at radius 2 is 2.10 bits per heavy atom. The zero-order chi connectivity index (χ0) is 15.3. The lowest BCUT2D eigenvalue weighted by Gasteiger charge is -2.14. The molecule has 0 spiro atoms. The highest BCUT2D eigenvalue weighted by Gasteiger charge is 2.23. The van der Waals surface area contributed by atoms with E-state index in [0.717, 1.165) is 0 Å². The molecule has 1 amide bonds. The normalized spacial score (nSPS) is 11.7. The van der Waals surface area contributed by atoms with Crippen molar-refractivity contribution in [3.05, 3.63) is 39.4 Å². The topological polar surface area (TPSA) is 110 Å². The van der Waals surface area contributed by atoms with Crippen LogP contribution < -0.4 is 5.32 Å². The lowest BCUT2D eigenvalue weighted by Crippen LogP contribution is -2.40. The summed E-state index contributed by atoms with van der Waals surface area (Å²) < 4.78 is 0. The summed E-state index contributed by atoms with van der Waals surface area (Å²) in [6.07, 6.45) is 0.903. The summed E-state index contributed by atoms with van der Waals surface area (Å²) in [7, 11) is 0. The van der Waals surface area contributed by atoms with Crippen molar-refractivity contribution in [1.29, 1.82) is 0 Å². The molecular formula is C13H16N2O5. The second kappa shape index (κ2) is 6.65. The fourth-order valence-corrected chi connectivity index (χ4v) is 1.85. The van der Waals surface area contributed by atoms with Crippen LogP contribution in [0.25, 0.3) is 0 Å². The molecule has 7 heteroatoms. The van der Waals surface area contributed by atoms with Gasteiger partial charge in [-0.2, -0.15) is 0 Å². The third kappa shape index (κ3) is 3.53. The molecule has 0 bridgehead atoms. The number of nitrogens with zero attached hydrogens (tertiary/aromatic N) is 1. The summed E-state index contributed by atoms with van der Waals surface area (Å²) in [5.41, 5.74) is 0.164. The molecule has 1 unspecified atom stereocenters. The maximum absolute atomic E-state index is 12.0. The molecule has 7 nitrogen and oxygen atoms in total. The van der Waals surface area contributed by atoms with Gasteiger partial charge in [-0.1, -0.05) is 19.4 Å². The molecule has 0 radical (unpaired) electrons. The predicted octanol–water partition coefficient (Wildman–Crippen LogP) is 1.89. The van der Waals surface area contributed by atoms with Crippen molar-refractivity contribution in [2.75, 3.05) is 0 Å². The SMILES string of the molecule is CCCC(NC(=O)c1cccc([N+](=O)[O-])c1C)C(=O)O. The zero-order valence-corrected chi connectivity index (χ0v) is 11.3. The molecule has 1 atom stereocenters. The number of hydrogen-bond donors (Lipinski definition) is 2. The Bertz CT molecular complexity index is 542. The highest BCUT2D eigenvalue weighted by Crippen LogP contribution is 2.21. The van der Waals surface area contributed by atoms with Gasteiger partial charge < -0.3 is 10.4 Å². The van der Waals surface area contributed by atoms with E-state index in [1.165, 1.54) is 25.1 Å². The van der Waals surface area contributed by atoms with Crippen LogP contribution in [0.5, 0.6) is 0 Å². The third-order valence-corrected chi connectivity index (χ3v) is 2.93. The number of nitro groups is 1. The van der Waals surface area contributed by atoms with E-state index < -0.39 is 22.8 Å². The maximum Gasteiger partial charge on any atom is 0.326 e. The molecule has 0 heterocycles. The molecular weight excluding hydrogens is 264 g/mol. The lowest BCUT2D eigenvalue weighted by atomic mass is 10.1. The Labute approximate surface area is 115 Å². The van der Waals surface area contributed by atoms with Crippen molar-refractivity contribution in [1.82, 2.24) is 5.32 Å². The van der Waals surface area contributed by atoms with Gasteiger partial charge in [-0.05, 0) is 19.4 Å². The Balaban J connectivity index is 3.00. The summed E-state index contributed by atoms with van der Waals surface area (Å²) in [4.78, 5) is 33.3. The molecule has 1 aromatic carbocycles. The van der Waals surface area contributed by atoms with E-state index in [2.05, 4.69) is 5.32 Å². The number of carbonyl (C=O) groups is 2. The summed E-state index contributed by atoms with van der Waals surface area (Å²) in [6, 6.07) is 3.14. The van der Waals surface area contributed by atoms with Crippen molar-refractivity contribution in [2.45, 2.75) is 32.7 Å². The molecule has 0 aromatic heterocycles. The van der Waals surface area contributed by atoms with E-state index in [-0.39, 0.29) is 16.8 Å². The zero-order valence-electron chi connectivity index (χ0n) is 11.3. The van der Waals surface area contributed by atoms with Crippen LogP contribution in [-0.2, 0) is 4.79 Å². The van der Waals surface area contributed by atoms with E-state index in [4.69, 9.17) is 5.11 Å². The van der Waals surface area contributed by atoms with Crippen LogP contribution in [0.2, 0.25) is 0 Å². The maximum atomic E-state index is 12.0. The predicted molar refractivity (Wildman–Crippen MR) is 71.6 cm³/mol. The first-order chi connectivity index (χ1) is 9.38. The van der Waals surface area contributed by atoms with Gasteiger partial charge in [0.2, 0.25) is 0 Å². The number of nitrogens with one attached hydrogen (secondary N) is 1. The molecule has 0 saturated carbocycles. The number of carboxylic acids is 1. The van der Waals surface area contributed by atoms with Crippen molar-refractivity contribution < 1.29 is 19.6 Å². The summed E-state index contributed by atoms with van der Waals surface area (Å²) in [6.45, 7) is 3.27. The monoisotopic (exact) mass is 280 g/mol. The van der Waals surface area contributed by atoms with Gasteiger partial charge >= 0.3 is 5.97 Å². The Morgan fingerprint density at radius 1 is 1.45 bits per heavy atom.